The Hall–Kier alpha value is -0.390. The van der Waals surface area contributed by atoms with Crippen molar-refractivity contribution in [2.24, 2.45) is 0 Å². The van der Waals surface area contributed by atoms with Crippen LogP contribution in [0.4, 0.5) is 0 Å². The summed E-state index contributed by atoms with van der Waals surface area (Å²) in [5.74, 6) is -0.746. The number of rotatable bonds is 6. The van der Waals surface area contributed by atoms with Crippen LogP contribution < -0.4 is 0 Å². The van der Waals surface area contributed by atoms with Gasteiger partial charge in [-0.05, 0) is 42.0 Å². The summed E-state index contributed by atoms with van der Waals surface area (Å²) in [5.41, 5.74) is 0. The lowest BCUT2D eigenvalue weighted by molar-refractivity contribution is -0.138. The molecule has 1 unspecified atom stereocenters. The topological polar surface area (TPSA) is 40.5 Å². The lowest BCUT2D eigenvalue weighted by atomic mass is 10.1. The van der Waals surface area contributed by atoms with Gasteiger partial charge in [-0.2, -0.15) is 0 Å². The molecule has 0 aliphatic carbocycles. The molecule has 0 saturated heterocycles. The SMILES string of the molecule is CCN(CC)C(CC(=O)O)c1cc(Br)c(C)s1. The first-order chi connectivity index (χ1) is 7.99. The number of hydrogen-bond donors (Lipinski definition) is 1. The molecule has 1 rings (SSSR count). The maximum absolute atomic E-state index is 11.0. The minimum Gasteiger partial charge on any atom is -0.481 e. The van der Waals surface area contributed by atoms with Gasteiger partial charge >= 0.3 is 5.97 Å². The third-order valence-corrected chi connectivity index (χ3v) is 5.06. The van der Waals surface area contributed by atoms with E-state index in [1.807, 2.05) is 13.0 Å². The number of carboxylic acids is 1. The summed E-state index contributed by atoms with van der Waals surface area (Å²) in [6, 6.07) is 2.03. The molecule has 1 N–H and O–H groups in total. The number of aryl methyl sites for hydroxylation is 1. The quantitative estimate of drug-likeness (QED) is 0.869. The van der Waals surface area contributed by atoms with Crippen LogP contribution in [0.15, 0.2) is 10.5 Å². The molecule has 0 aliphatic rings. The Morgan fingerprint density at radius 2 is 2.12 bits per heavy atom. The average Bonchev–Trinajstić information content (AvgIpc) is 2.59. The average molecular weight is 320 g/mol. The summed E-state index contributed by atoms with van der Waals surface area (Å²) in [6.07, 6.45) is 0.161. The Morgan fingerprint density at radius 1 is 1.53 bits per heavy atom. The molecular weight excluding hydrogens is 302 g/mol. The van der Waals surface area contributed by atoms with Crippen molar-refractivity contribution >= 4 is 33.2 Å². The molecule has 1 aromatic rings. The predicted molar refractivity (Wildman–Crippen MR) is 74.7 cm³/mol. The highest BCUT2D eigenvalue weighted by atomic mass is 79.9. The Kier molecular flexibility index (Phi) is 5.62. The molecule has 3 nitrogen and oxygen atoms in total. The second-order valence-electron chi connectivity index (χ2n) is 3.89. The Labute approximate surface area is 115 Å². The zero-order valence-corrected chi connectivity index (χ0v) is 12.8. The molecule has 5 heteroatoms. The van der Waals surface area contributed by atoms with E-state index in [1.165, 1.54) is 4.88 Å². The maximum atomic E-state index is 11.0. The fraction of sp³-hybridized carbons (Fsp3) is 0.583. The molecule has 0 spiro atoms. The first kappa shape index (κ1) is 14.7. The normalized spacial score (nSPS) is 13.0. The number of carbonyl (C=O) groups is 1. The minimum absolute atomic E-state index is 0.0162. The molecule has 1 atom stereocenters. The van der Waals surface area contributed by atoms with Gasteiger partial charge in [0.1, 0.15) is 0 Å². The molecule has 0 saturated carbocycles. The van der Waals surface area contributed by atoms with Crippen LogP contribution in [0, 0.1) is 6.92 Å². The van der Waals surface area contributed by atoms with E-state index in [2.05, 4.69) is 34.7 Å². The Morgan fingerprint density at radius 3 is 2.47 bits per heavy atom. The van der Waals surface area contributed by atoms with E-state index in [9.17, 15) is 4.79 Å². The predicted octanol–water partition coefficient (Wildman–Crippen LogP) is 3.68. The Balaban J connectivity index is 3.00. The van der Waals surface area contributed by atoms with Gasteiger partial charge in [-0.15, -0.1) is 11.3 Å². The second-order valence-corrected chi connectivity index (χ2v) is 6.03. The fourth-order valence-corrected chi connectivity index (χ4v) is 3.58. The van der Waals surface area contributed by atoms with Crippen LogP contribution in [0.2, 0.25) is 0 Å². The number of nitrogens with zero attached hydrogens (tertiary/aromatic N) is 1. The largest absolute Gasteiger partial charge is 0.481 e. The van der Waals surface area contributed by atoms with Crippen LogP contribution >= 0.6 is 27.3 Å². The summed E-state index contributed by atoms with van der Waals surface area (Å²) in [7, 11) is 0. The molecule has 96 valence electrons. The maximum Gasteiger partial charge on any atom is 0.305 e. The molecule has 0 bridgehead atoms. The van der Waals surface area contributed by atoms with Crippen molar-refractivity contribution < 1.29 is 9.90 Å². The van der Waals surface area contributed by atoms with Crippen molar-refractivity contribution in [3.05, 3.63) is 20.3 Å². The van der Waals surface area contributed by atoms with Crippen molar-refractivity contribution in [3.8, 4) is 0 Å². The summed E-state index contributed by atoms with van der Waals surface area (Å²) >= 11 is 5.16. The van der Waals surface area contributed by atoms with Crippen LogP contribution in [0.25, 0.3) is 0 Å². The number of thiophene rings is 1. The number of hydrogen-bond acceptors (Lipinski definition) is 3. The van der Waals surface area contributed by atoms with Gasteiger partial charge in [0.2, 0.25) is 0 Å². The van der Waals surface area contributed by atoms with Crippen LogP contribution in [-0.2, 0) is 4.79 Å². The minimum atomic E-state index is -0.746. The monoisotopic (exact) mass is 319 g/mol. The van der Waals surface area contributed by atoms with Gasteiger partial charge in [0.25, 0.3) is 0 Å². The fourth-order valence-electron chi connectivity index (χ4n) is 1.89. The van der Waals surface area contributed by atoms with Crippen molar-refractivity contribution in [2.45, 2.75) is 33.2 Å². The third-order valence-electron chi connectivity index (χ3n) is 2.83. The number of carboxylic acid groups (broad SMARTS) is 1. The van der Waals surface area contributed by atoms with Crippen LogP contribution in [0.3, 0.4) is 0 Å². The molecule has 1 aromatic heterocycles. The summed E-state index contributed by atoms with van der Waals surface area (Å²) in [5, 5.41) is 9.03. The van der Waals surface area contributed by atoms with Crippen molar-refractivity contribution in [2.75, 3.05) is 13.1 Å². The lowest BCUT2D eigenvalue weighted by Crippen LogP contribution is -2.29. The van der Waals surface area contributed by atoms with E-state index >= 15 is 0 Å². The molecule has 0 radical (unpaired) electrons. The van der Waals surface area contributed by atoms with Crippen LogP contribution in [0.5, 0.6) is 0 Å². The summed E-state index contributed by atoms with van der Waals surface area (Å²) in [6.45, 7) is 7.89. The van der Waals surface area contributed by atoms with E-state index in [-0.39, 0.29) is 12.5 Å². The molecular formula is C12H18BrNO2S. The second kappa shape index (κ2) is 6.52. The van der Waals surface area contributed by atoms with Gasteiger partial charge in [-0.1, -0.05) is 13.8 Å². The van der Waals surface area contributed by atoms with Crippen LogP contribution in [0.1, 0.15) is 36.1 Å². The molecule has 0 aromatic carbocycles. The van der Waals surface area contributed by atoms with Gasteiger partial charge in [-0.3, -0.25) is 9.69 Å². The lowest BCUT2D eigenvalue weighted by Gasteiger charge is -2.27. The smallest absolute Gasteiger partial charge is 0.305 e. The Bertz CT molecular complexity index is 368. The van der Waals surface area contributed by atoms with Crippen LogP contribution in [-0.4, -0.2) is 29.1 Å². The van der Waals surface area contributed by atoms with Crippen molar-refractivity contribution in [3.63, 3.8) is 0 Å². The first-order valence-electron chi connectivity index (χ1n) is 5.71. The van der Waals surface area contributed by atoms with Gasteiger partial charge in [0.15, 0.2) is 0 Å². The van der Waals surface area contributed by atoms with Gasteiger partial charge < -0.3 is 5.11 Å². The summed E-state index contributed by atoms with van der Waals surface area (Å²) in [4.78, 5) is 15.5. The highest BCUT2D eigenvalue weighted by Gasteiger charge is 2.23. The molecule has 0 amide bonds. The standard InChI is InChI=1S/C12H18BrNO2S/c1-4-14(5-2)10(7-12(15)16)11-6-9(13)8(3)17-11/h6,10H,4-5,7H2,1-3H3,(H,15,16). The molecule has 0 fully saturated rings. The van der Waals surface area contributed by atoms with Gasteiger partial charge in [0.05, 0.1) is 12.5 Å². The number of halogens is 1. The number of aliphatic carboxylic acids is 1. The molecule has 17 heavy (non-hydrogen) atoms. The van der Waals surface area contributed by atoms with Crippen molar-refractivity contribution in [1.29, 1.82) is 0 Å². The van der Waals surface area contributed by atoms with E-state index < -0.39 is 5.97 Å². The highest BCUT2D eigenvalue weighted by molar-refractivity contribution is 9.10. The molecule has 1 heterocycles. The molecule has 0 aliphatic heterocycles. The van der Waals surface area contributed by atoms with E-state index in [4.69, 9.17) is 5.11 Å². The third kappa shape index (κ3) is 3.79. The van der Waals surface area contributed by atoms with E-state index in [0.717, 1.165) is 22.4 Å². The first-order valence-corrected chi connectivity index (χ1v) is 7.32. The van der Waals surface area contributed by atoms with Gasteiger partial charge in [0, 0.05) is 14.2 Å². The zero-order chi connectivity index (χ0) is 13.0. The summed E-state index contributed by atoms with van der Waals surface area (Å²) < 4.78 is 1.07. The van der Waals surface area contributed by atoms with E-state index in [0.29, 0.717) is 0 Å². The van der Waals surface area contributed by atoms with E-state index in [1.54, 1.807) is 11.3 Å². The van der Waals surface area contributed by atoms with Gasteiger partial charge in [-0.25, -0.2) is 0 Å². The van der Waals surface area contributed by atoms with Crippen molar-refractivity contribution in [1.82, 2.24) is 4.90 Å². The zero-order valence-electron chi connectivity index (χ0n) is 10.4. The highest BCUT2D eigenvalue weighted by Crippen LogP contribution is 2.35.